The molecule has 0 bridgehead atoms. The lowest BCUT2D eigenvalue weighted by atomic mass is 10.1. The number of hydrogen-bond donors (Lipinski definition) is 0. The van der Waals surface area contributed by atoms with Crippen LogP contribution in [0, 0.1) is 0 Å². The van der Waals surface area contributed by atoms with Crippen molar-refractivity contribution in [1.82, 2.24) is 0 Å². The molecule has 5 nitrogen and oxygen atoms in total. The summed E-state index contributed by atoms with van der Waals surface area (Å²) in [7, 11) is 0. The number of rotatable bonds is 47. The normalized spacial score (nSPS) is 13.1. The van der Waals surface area contributed by atoms with Crippen molar-refractivity contribution >= 4 is 11.9 Å². The van der Waals surface area contributed by atoms with Crippen LogP contribution in [0.5, 0.6) is 0 Å². The Labute approximate surface area is 395 Å². The van der Waals surface area contributed by atoms with Crippen molar-refractivity contribution < 1.29 is 23.8 Å². The zero-order valence-corrected chi connectivity index (χ0v) is 41.8. The summed E-state index contributed by atoms with van der Waals surface area (Å²) in [6.07, 6.45) is 73.9. The lowest BCUT2D eigenvalue weighted by molar-refractivity contribution is -0.163. The number of esters is 2. The number of hydrogen-bond acceptors (Lipinski definition) is 5. The molecule has 5 heteroatoms. The first-order valence-electron chi connectivity index (χ1n) is 26.4. The Hall–Kier alpha value is -3.44. The molecule has 0 saturated carbocycles. The van der Waals surface area contributed by atoms with Gasteiger partial charge >= 0.3 is 11.9 Å². The second-order valence-electron chi connectivity index (χ2n) is 17.0. The zero-order valence-electron chi connectivity index (χ0n) is 41.8. The molecule has 364 valence electrons. The Morgan fingerprint density at radius 2 is 0.703 bits per heavy atom. The van der Waals surface area contributed by atoms with Crippen LogP contribution in [0.25, 0.3) is 0 Å². The third-order valence-electron chi connectivity index (χ3n) is 10.8. The van der Waals surface area contributed by atoms with Gasteiger partial charge in [0.1, 0.15) is 6.61 Å². The van der Waals surface area contributed by atoms with E-state index in [1.54, 1.807) is 0 Å². The molecule has 0 aromatic heterocycles. The highest BCUT2D eigenvalue weighted by Gasteiger charge is 2.17. The summed E-state index contributed by atoms with van der Waals surface area (Å²) in [6.45, 7) is 7.50. The smallest absolute Gasteiger partial charge is 0.306 e. The first kappa shape index (κ1) is 60.6. The first-order chi connectivity index (χ1) is 31.6. The van der Waals surface area contributed by atoms with E-state index in [1.165, 1.54) is 83.5 Å². The van der Waals surface area contributed by atoms with E-state index >= 15 is 0 Å². The van der Waals surface area contributed by atoms with Crippen molar-refractivity contribution in [3.05, 3.63) is 109 Å². The van der Waals surface area contributed by atoms with Crippen molar-refractivity contribution in [2.75, 3.05) is 19.8 Å². The van der Waals surface area contributed by atoms with Crippen molar-refractivity contribution in [3.8, 4) is 0 Å². The second-order valence-corrected chi connectivity index (χ2v) is 17.0. The molecule has 1 atom stereocenters. The van der Waals surface area contributed by atoms with Crippen molar-refractivity contribution in [1.29, 1.82) is 0 Å². The molecule has 0 radical (unpaired) electrons. The van der Waals surface area contributed by atoms with Crippen LogP contribution in [0.4, 0.5) is 0 Å². The lowest BCUT2D eigenvalue weighted by Crippen LogP contribution is -2.30. The van der Waals surface area contributed by atoms with E-state index < -0.39 is 6.10 Å². The molecule has 1 unspecified atom stereocenters. The monoisotopic (exact) mass is 887 g/mol. The van der Waals surface area contributed by atoms with Crippen molar-refractivity contribution in [3.63, 3.8) is 0 Å². The predicted octanol–water partition coefficient (Wildman–Crippen LogP) is 18.0. The fraction of sp³-hybridized carbons (Fsp3) is 0.661. The highest BCUT2D eigenvalue weighted by molar-refractivity contribution is 5.70. The summed E-state index contributed by atoms with van der Waals surface area (Å²) in [5, 5.41) is 0. The van der Waals surface area contributed by atoms with Crippen LogP contribution in [-0.4, -0.2) is 37.9 Å². The van der Waals surface area contributed by atoms with E-state index in [9.17, 15) is 9.59 Å². The Balaban J connectivity index is 4.39. The molecule has 0 aromatic carbocycles. The number of ether oxygens (including phenoxy) is 3. The molecule has 0 aliphatic rings. The Kier molecular flexibility index (Phi) is 51.0. The van der Waals surface area contributed by atoms with Crippen LogP contribution in [0.15, 0.2) is 109 Å². The molecular formula is C59H98O5. The predicted molar refractivity (Wildman–Crippen MR) is 279 cm³/mol. The van der Waals surface area contributed by atoms with Gasteiger partial charge in [0, 0.05) is 19.4 Å². The van der Waals surface area contributed by atoms with Gasteiger partial charge in [-0.3, -0.25) is 9.59 Å². The van der Waals surface area contributed by atoms with Gasteiger partial charge in [-0.15, -0.1) is 0 Å². The van der Waals surface area contributed by atoms with Gasteiger partial charge in [0.2, 0.25) is 0 Å². The largest absolute Gasteiger partial charge is 0.462 e. The fourth-order valence-corrected chi connectivity index (χ4v) is 6.90. The van der Waals surface area contributed by atoms with E-state index in [-0.39, 0.29) is 25.2 Å². The molecule has 0 N–H and O–H groups in total. The van der Waals surface area contributed by atoms with Gasteiger partial charge in [0.15, 0.2) is 6.10 Å². The highest BCUT2D eigenvalue weighted by Crippen LogP contribution is 2.13. The summed E-state index contributed by atoms with van der Waals surface area (Å²) in [5.41, 5.74) is 0. The SMILES string of the molecule is CC/C=C\C/C=C\C/C=C\C/C=C\CCCCC(=O)OCC(COCCCCCCCCCC/C=C\C/C=C\C/C=C\CC)OC(=O)CCCCCCC/C=C\C/C=C\CCCCC. The Bertz CT molecular complexity index is 1280. The molecule has 64 heavy (non-hydrogen) atoms. The summed E-state index contributed by atoms with van der Waals surface area (Å²) in [6, 6.07) is 0. The quantitative estimate of drug-likeness (QED) is 0.0346. The Morgan fingerprint density at radius 3 is 1.16 bits per heavy atom. The van der Waals surface area contributed by atoms with Gasteiger partial charge in [-0.1, -0.05) is 201 Å². The van der Waals surface area contributed by atoms with Crippen LogP contribution < -0.4 is 0 Å². The van der Waals surface area contributed by atoms with Crippen LogP contribution in [-0.2, 0) is 23.8 Å². The molecule has 0 aliphatic heterocycles. The Morgan fingerprint density at radius 1 is 0.359 bits per heavy atom. The summed E-state index contributed by atoms with van der Waals surface area (Å²) >= 11 is 0. The van der Waals surface area contributed by atoms with E-state index in [0.29, 0.717) is 19.4 Å². The van der Waals surface area contributed by atoms with E-state index in [2.05, 4.69) is 130 Å². The molecular weight excluding hydrogens is 789 g/mol. The third-order valence-corrected chi connectivity index (χ3v) is 10.8. The highest BCUT2D eigenvalue weighted by atomic mass is 16.6. The summed E-state index contributed by atoms with van der Waals surface area (Å²) in [5.74, 6) is -0.470. The maximum absolute atomic E-state index is 12.8. The minimum atomic E-state index is -0.571. The average Bonchev–Trinajstić information content (AvgIpc) is 3.30. The van der Waals surface area contributed by atoms with Gasteiger partial charge in [-0.25, -0.2) is 0 Å². The molecule has 0 aliphatic carbocycles. The topological polar surface area (TPSA) is 61.8 Å². The molecule has 0 aromatic rings. The molecule has 0 fully saturated rings. The standard InChI is InChI=1S/C59H98O5/c1-4-7-10-13-16-19-22-25-28-29-30-33-36-39-42-45-48-51-54-62-55-57(64-59(61)53-50-47-44-41-38-35-32-27-24-21-18-15-12-9-6-3)56-63-58(60)52-49-46-43-40-37-34-31-26-23-20-17-14-11-8-5-2/h7-8,10-11,16-21,25-28,31-32,37,40,57H,4-6,9,12-15,22-24,29-30,33-36,38-39,41-56H2,1-3H3/b10-7-,11-8-,19-16-,20-17-,21-18-,28-25-,31-26-,32-27-,40-37-. The molecule has 0 saturated heterocycles. The van der Waals surface area contributed by atoms with Crippen LogP contribution in [0.1, 0.15) is 226 Å². The minimum absolute atomic E-state index is 0.0490. The third kappa shape index (κ3) is 51.2. The van der Waals surface area contributed by atoms with E-state index in [4.69, 9.17) is 14.2 Å². The summed E-state index contributed by atoms with van der Waals surface area (Å²) in [4.78, 5) is 25.4. The van der Waals surface area contributed by atoms with Crippen molar-refractivity contribution in [2.45, 2.75) is 232 Å². The number of carbonyl (C=O) groups is 2. The number of allylic oxidation sites excluding steroid dienone is 18. The lowest BCUT2D eigenvalue weighted by Gasteiger charge is -2.18. The van der Waals surface area contributed by atoms with E-state index in [0.717, 1.165) is 109 Å². The average molecular weight is 887 g/mol. The van der Waals surface area contributed by atoms with Gasteiger partial charge < -0.3 is 14.2 Å². The maximum Gasteiger partial charge on any atom is 0.306 e. The van der Waals surface area contributed by atoms with Gasteiger partial charge in [0.25, 0.3) is 0 Å². The van der Waals surface area contributed by atoms with Crippen LogP contribution >= 0.6 is 0 Å². The van der Waals surface area contributed by atoms with Crippen LogP contribution in [0.2, 0.25) is 0 Å². The van der Waals surface area contributed by atoms with Crippen molar-refractivity contribution in [2.24, 2.45) is 0 Å². The molecule has 0 amide bonds. The molecule has 0 rings (SSSR count). The van der Waals surface area contributed by atoms with Gasteiger partial charge in [0.05, 0.1) is 6.61 Å². The number of carbonyl (C=O) groups excluding carboxylic acids is 2. The number of unbranched alkanes of at least 4 members (excludes halogenated alkanes) is 18. The van der Waals surface area contributed by atoms with Crippen LogP contribution in [0.3, 0.4) is 0 Å². The zero-order chi connectivity index (χ0) is 46.3. The van der Waals surface area contributed by atoms with Gasteiger partial charge in [-0.05, 0) is 122 Å². The molecule has 0 spiro atoms. The minimum Gasteiger partial charge on any atom is -0.462 e. The maximum atomic E-state index is 12.8. The molecule has 0 heterocycles. The summed E-state index contributed by atoms with van der Waals surface area (Å²) < 4.78 is 17.4. The second kappa shape index (κ2) is 53.9. The van der Waals surface area contributed by atoms with Gasteiger partial charge in [-0.2, -0.15) is 0 Å². The fourth-order valence-electron chi connectivity index (χ4n) is 6.90. The first-order valence-corrected chi connectivity index (χ1v) is 26.4. The van der Waals surface area contributed by atoms with E-state index in [1.807, 2.05) is 0 Å².